The molecule has 0 aliphatic heterocycles. The molecule has 2 nitrogen and oxygen atoms in total. The molecule has 0 radical (unpaired) electrons. The van der Waals surface area contributed by atoms with E-state index in [1.165, 1.54) is 6.07 Å². The summed E-state index contributed by atoms with van der Waals surface area (Å²) in [6.07, 6.45) is -7.30. The number of hydrogen-bond donors (Lipinski definition) is 1. The van der Waals surface area contributed by atoms with Crippen LogP contribution in [0, 0.1) is 0 Å². The van der Waals surface area contributed by atoms with Crippen molar-refractivity contribution in [2.24, 2.45) is 0 Å². The van der Waals surface area contributed by atoms with Crippen molar-refractivity contribution in [3.05, 3.63) is 53.2 Å². The van der Waals surface area contributed by atoms with Crippen LogP contribution in [0.1, 0.15) is 36.6 Å². The molecule has 26 heavy (non-hydrogen) atoms. The maximum atomic E-state index is 13.1. The minimum Gasteiger partial charge on any atom is -0.313 e. The average Bonchev–Trinajstić information content (AvgIpc) is 2.57. The molecule has 0 amide bonds. The average molecular weight is 376 g/mol. The third kappa shape index (κ3) is 5.45. The van der Waals surface area contributed by atoms with Crippen molar-refractivity contribution in [2.75, 3.05) is 6.54 Å². The van der Waals surface area contributed by atoms with Gasteiger partial charge in [-0.3, -0.25) is 0 Å². The summed E-state index contributed by atoms with van der Waals surface area (Å²) in [6, 6.07) is 6.31. The molecule has 0 bridgehead atoms. The Bertz CT molecular complexity index is 720. The van der Waals surface area contributed by atoms with Crippen molar-refractivity contribution in [3.8, 4) is 11.3 Å². The van der Waals surface area contributed by atoms with E-state index in [1.807, 2.05) is 6.92 Å². The van der Waals surface area contributed by atoms with Crippen molar-refractivity contribution in [3.63, 3.8) is 0 Å². The lowest BCUT2D eigenvalue weighted by Crippen LogP contribution is -2.16. The minimum absolute atomic E-state index is 0.0131. The van der Waals surface area contributed by atoms with Gasteiger partial charge in [-0.15, -0.1) is 0 Å². The Balaban J connectivity index is 2.34. The van der Waals surface area contributed by atoms with E-state index >= 15 is 0 Å². The highest BCUT2D eigenvalue weighted by molar-refractivity contribution is 5.61. The Hall–Kier alpha value is -2.09. The highest BCUT2D eigenvalue weighted by atomic mass is 19.4. The van der Waals surface area contributed by atoms with Crippen molar-refractivity contribution in [2.45, 2.75) is 38.7 Å². The fourth-order valence-electron chi connectivity index (χ4n) is 2.35. The summed E-state index contributed by atoms with van der Waals surface area (Å²) in [5.41, 5.74) is -1.38. The largest absolute Gasteiger partial charge is 0.433 e. The first kappa shape index (κ1) is 20.2. The fourth-order valence-corrected chi connectivity index (χ4v) is 2.35. The highest BCUT2D eigenvalue weighted by Gasteiger charge is 2.33. The van der Waals surface area contributed by atoms with Gasteiger partial charge in [-0.25, -0.2) is 4.98 Å². The summed E-state index contributed by atoms with van der Waals surface area (Å²) in [5, 5.41) is 3.05. The Morgan fingerprint density at radius 2 is 1.58 bits per heavy atom. The summed E-state index contributed by atoms with van der Waals surface area (Å²) in [6.45, 7) is 2.88. The number of benzene rings is 1. The van der Waals surface area contributed by atoms with Crippen LogP contribution >= 0.6 is 0 Å². The van der Waals surface area contributed by atoms with E-state index in [1.54, 1.807) is 0 Å². The normalized spacial score (nSPS) is 12.4. The smallest absolute Gasteiger partial charge is 0.313 e. The summed E-state index contributed by atoms with van der Waals surface area (Å²) in [4.78, 5) is 3.58. The van der Waals surface area contributed by atoms with Crippen LogP contribution in [-0.2, 0) is 18.9 Å². The van der Waals surface area contributed by atoms with Gasteiger partial charge in [-0.2, -0.15) is 26.3 Å². The van der Waals surface area contributed by atoms with Crippen LogP contribution in [0.2, 0.25) is 0 Å². The summed E-state index contributed by atoms with van der Waals surface area (Å²) < 4.78 is 77.2. The molecule has 1 heterocycles. The maximum Gasteiger partial charge on any atom is 0.433 e. The molecule has 1 aromatic heterocycles. The van der Waals surface area contributed by atoms with Gasteiger partial charge < -0.3 is 5.32 Å². The number of rotatable bonds is 6. The van der Waals surface area contributed by atoms with Gasteiger partial charge in [0.25, 0.3) is 0 Å². The van der Waals surface area contributed by atoms with Gasteiger partial charge in [0, 0.05) is 12.1 Å². The molecule has 1 aromatic carbocycles. The molecule has 0 saturated carbocycles. The molecule has 0 atom stereocenters. The number of halogens is 6. The molecular formula is C18H18F6N2. The third-order valence-electron chi connectivity index (χ3n) is 3.72. The van der Waals surface area contributed by atoms with E-state index in [2.05, 4.69) is 10.3 Å². The van der Waals surface area contributed by atoms with Crippen molar-refractivity contribution >= 4 is 0 Å². The van der Waals surface area contributed by atoms with Crippen molar-refractivity contribution < 1.29 is 26.3 Å². The van der Waals surface area contributed by atoms with Crippen molar-refractivity contribution in [1.29, 1.82) is 0 Å². The molecule has 0 aliphatic carbocycles. The molecule has 1 N–H and O–H groups in total. The van der Waals surface area contributed by atoms with E-state index < -0.39 is 23.6 Å². The number of aromatic nitrogens is 1. The molecule has 0 fully saturated rings. The predicted molar refractivity (Wildman–Crippen MR) is 86.3 cm³/mol. The molecule has 0 unspecified atom stereocenters. The second-order valence-corrected chi connectivity index (χ2v) is 5.85. The fraction of sp³-hybridized carbons (Fsp3) is 0.389. The molecule has 0 saturated heterocycles. The van der Waals surface area contributed by atoms with E-state index in [-0.39, 0.29) is 17.8 Å². The lowest BCUT2D eigenvalue weighted by atomic mass is 10.1. The van der Waals surface area contributed by atoms with Crippen LogP contribution in [0.4, 0.5) is 26.3 Å². The van der Waals surface area contributed by atoms with Crippen LogP contribution < -0.4 is 5.32 Å². The molecule has 2 rings (SSSR count). The summed E-state index contributed by atoms with van der Waals surface area (Å²) in [5.74, 6) is 0. The zero-order valence-electron chi connectivity index (χ0n) is 14.0. The second kappa shape index (κ2) is 8.07. The number of nitrogens with one attached hydrogen (secondary N) is 1. The van der Waals surface area contributed by atoms with Gasteiger partial charge in [-0.1, -0.05) is 25.5 Å². The molecule has 2 aromatic rings. The number of alkyl halides is 6. The lowest BCUT2D eigenvalue weighted by Gasteiger charge is -2.13. The molecule has 8 heteroatoms. The predicted octanol–water partition coefficient (Wildman–Crippen LogP) is 5.68. The van der Waals surface area contributed by atoms with Crippen LogP contribution in [0.15, 0.2) is 36.4 Å². The number of nitrogens with zero attached hydrogens (tertiary/aromatic N) is 1. The van der Waals surface area contributed by atoms with Gasteiger partial charge in [0.2, 0.25) is 0 Å². The Kier molecular flexibility index (Phi) is 6.28. The van der Waals surface area contributed by atoms with E-state index in [0.717, 1.165) is 43.2 Å². The topological polar surface area (TPSA) is 24.9 Å². The quantitative estimate of drug-likeness (QED) is 0.519. The van der Waals surface area contributed by atoms with E-state index in [9.17, 15) is 26.3 Å². The van der Waals surface area contributed by atoms with Gasteiger partial charge in [0.05, 0.1) is 11.3 Å². The monoisotopic (exact) mass is 376 g/mol. The van der Waals surface area contributed by atoms with Gasteiger partial charge in [-0.05, 0) is 42.8 Å². The highest BCUT2D eigenvalue weighted by Crippen LogP contribution is 2.33. The van der Waals surface area contributed by atoms with Crippen LogP contribution in [0.25, 0.3) is 11.3 Å². The summed E-state index contributed by atoms with van der Waals surface area (Å²) >= 11 is 0. The zero-order valence-corrected chi connectivity index (χ0v) is 14.0. The number of hydrogen-bond acceptors (Lipinski definition) is 2. The van der Waals surface area contributed by atoms with Crippen LogP contribution in [0.5, 0.6) is 0 Å². The maximum absolute atomic E-state index is 13.1. The Morgan fingerprint density at radius 3 is 2.12 bits per heavy atom. The third-order valence-corrected chi connectivity index (χ3v) is 3.72. The number of pyridine rings is 1. The van der Waals surface area contributed by atoms with Crippen LogP contribution in [0.3, 0.4) is 0 Å². The first-order chi connectivity index (χ1) is 12.1. The van der Waals surface area contributed by atoms with E-state index in [0.29, 0.717) is 12.1 Å². The molecule has 0 aliphatic rings. The van der Waals surface area contributed by atoms with E-state index in [4.69, 9.17) is 0 Å². The van der Waals surface area contributed by atoms with Gasteiger partial charge in [0.15, 0.2) is 0 Å². The Labute approximate surface area is 147 Å². The van der Waals surface area contributed by atoms with Crippen molar-refractivity contribution in [1.82, 2.24) is 10.3 Å². The number of unbranched alkanes of at least 4 members (excludes halogenated alkanes) is 1. The summed E-state index contributed by atoms with van der Waals surface area (Å²) in [7, 11) is 0. The van der Waals surface area contributed by atoms with Crippen LogP contribution in [-0.4, -0.2) is 11.5 Å². The molecular weight excluding hydrogens is 358 g/mol. The minimum atomic E-state index is -4.64. The molecule has 142 valence electrons. The standard InChI is InChI=1S/C18H18F6N2/c1-2-3-8-25-11-12-9-15(26-16(10-12)18(22,23)24)13-4-6-14(7-5-13)17(19,20)21/h4-7,9-10,25H,2-3,8,11H2,1H3. The van der Waals surface area contributed by atoms with Gasteiger partial charge in [0.1, 0.15) is 5.69 Å². The SMILES string of the molecule is CCCCNCc1cc(-c2ccc(C(F)(F)F)cc2)nc(C(F)(F)F)c1. The first-order valence-electron chi connectivity index (χ1n) is 8.07. The molecule has 0 spiro atoms. The zero-order chi connectivity index (χ0) is 19.4. The first-order valence-corrected chi connectivity index (χ1v) is 8.07. The van der Waals surface area contributed by atoms with Gasteiger partial charge >= 0.3 is 12.4 Å². The lowest BCUT2D eigenvalue weighted by molar-refractivity contribution is -0.141. The second-order valence-electron chi connectivity index (χ2n) is 5.85. The Morgan fingerprint density at radius 1 is 0.923 bits per heavy atom.